The van der Waals surface area contributed by atoms with Crippen LogP contribution in [0.4, 0.5) is 0 Å². The summed E-state index contributed by atoms with van der Waals surface area (Å²) in [6, 6.07) is 8.94. The van der Waals surface area contributed by atoms with Crippen molar-refractivity contribution in [2.24, 2.45) is 23.3 Å². The van der Waals surface area contributed by atoms with Crippen LogP contribution in [0.1, 0.15) is 25.8 Å². The van der Waals surface area contributed by atoms with Crippen molar-refractivity contribution in [2.45, 2.75) is 32.7 Å². The summed E-state index contributed by atoms with van der Waals surface area (Å²) in [5.41, 5.74) is 12.2. The van der Waals surface area contributed by atoms with Crippen LogP contribution < -0.4 is 22.1 Å². The van der Waals surface area contributed by atoms with Crippen LogP contribution in [-0.2, 0) is 20.8 Å². The zero-order chi connectivity index (χ0) is 19.5. The van der Waals surface area contributed by atoms with E-state index in [4.69, 9.17) is 11.5 Å². The van der Waals surface area contributed by atoms with Crippen LogP contribution in [0.25, 0.3) is 0 Å². The summed E-state index contributed by atoms with van der Waals surface area (Å²) in [6.45, 7) is 3.83. The molecule has 6 N–H and O–H groups in total. The van der Waals surface area contributed by atoms with Crippen molar-refractivity contribution >= 4 is 17.6 Å². The van der Waals surface area contributed by atoms with Crippen molar-refractivity contribution in [3.63, 3.8) is 0 Å². The van der Waals surface area contributed by atoms with Gasteiger partial charge in [0.25, 0.3) is 0 Å². The Labute approximate surface area is 154 Å². The van der Waals surface area contributed by atoms with Gasteiger partial charge in [-0.3, -0.25) is 14.4 Å². The van der Waals surface area contributed by atoms with E-state index in [-0.39, 0.29) is 30.7 Å². The fourth-order valence-electron chi connectivity index (χ4n) is 2.59. The summed E-state index contributed by atoms with van der Waals surface area (Å²) < 4.78 is 0. The Morgan fingerprint density at radius 1 is 1.08 bits per heavy atom. The number of carbonyl (C=O) groups is 3. The Bertz CT molecular complexity index is 590. The zero-order valence-electron chi connectivity index (χ0n) is 15.5. The molecule has 0 saturated heterocycles. The number of nitrogens with one attached hydrogen (secondary N) is 2. The molecule has 0 fully saturated rings. The minimum atomic E-state index is -0.626. The van der Waals surface area contributed by atoms with Crippen molar-refractivity contribution in [1.29, 1.82) is 0 Å². The van der Waals surface area contributed by atoms with E-state index in [9.17, 15) is 14.4 Å². The first kappa shape index (κ1) is 21.8. The van der Waals surface area contributed by atoms with E-state index >= 15 is 0 Å². The SMILES string of the molecule is CC(C)C(=O)C(CCN)NC(=O)CNC(=O)C(CN)Cc1ccccc1. The number of Topliss-reactive ketones (excluding diaryl/α,β-unsaturated/α-hetero) is 1. The van der Waals surface area contributed by atoms with E-state index < -0.39 is 17.9 Å². The molecule has 1 aromatic rings. The van der Waals surface area contributed by atoms with Crippen LogP contribution in [0.5, 0.6) is 0 Å². The van der Waals surface area contributed by atoms with Crippen molar-refractivity contribution in [2.75, 3.05) is 19.6 Å². The molecule has 0 aliphatic heterocycles. The maximum Gasteiger partial charge on any atom is 0.239 e. The average molecular weight is 362 g/mol. The first-order chi connectivity index (χ1) is 12.4. The van der Waals surface area contributed by atoms with E-state index in [1.54, 1.807) is 13.8 Å². The highest BCUT2D eigenvalue weighted by Gasteiger charge is 2.23. The Morgan fingerprint density at radius 2 is 1.73 bits per heavy atom. The van der Waals surface area contributed by atoms with Crippen molar-refractivity contribution < 1.29 is 14.4 Å². The van der Waals surface area contributed by atoms with Gasteiger partial charge in [0.05, 0.1) is 18.5 Å². The second kappa shape index (κ2) is 11.4. The first-order valence-corrected chi connectivity index (χ1v) is 8.93. The lowest BCUT2D eigenvalue weighted by atomic mass is 9.98. The number of nitrogens with two attached hydrogens (primary N) is 2. The fourth-order valence-corrected chi connectivity index (χ4v) is 2.59. The molecule has 0 saturated carbocycles. The molecule has 2 amide bonds. The molecule has 26 heavy (non-hydrogen) atoms. The average Bonchev–Trinajstić information content (AvgIpc) is 2.63. The highest BCUT2D eigenvalue weighted by molar-refractivity contribution is 5.92. The Hall–Kier alpha value is -2.25. The van der Waals surface area contributed by atoms with E-state index in [1.807, 2.05) is 30.3 Å². The van der Waals surface area contributed by atoms with Gasteiger partial charge in [0.1, 0.15) is 0 Å². The molecule has 0 aromatic heterocycles. The minimum Gasteiger partial charge on any atom is -0.347 e. The Balaban J connectivity index is 2.53. The third kappa shape index (κ3) is 7.33. The maximum absolute atomic E-state index is 12.3. The predicted octanol–water partition coefficient (Wildman–Crippen LogP) is -0.0211. The zero-order valence-corrected chi connectivity index (χ0v) is 15.5. The normalized spacial score (nSPS) is 13.1. The summed E-state index contributed by atoms with van der Waals surface area (Å²) in [6.07, 6.45) is 0.878. The first-order valence-electron chi connectivity index (χ1n) is 8.93. The molecule has 0 heterocycles. The largest absolute Gasteiger partial charge is 0.347 e. The maximum atomic E-state index is 12.3. The van der Waals surface area contributed by atoms with Gasteiger partial charge >= 0.3 is 0 Å². The molecule has 0 bridgehead atoms. The summed E-state index contributed by atoms with van der Waals surface area (Å²) in [5.74, 6) is -1.38. The standard InChI is InChI=1S/C19H30N4O3/c1-13(2)18(25)16(8-9-20)23-17(24)12-22-19(26)15(11-21)10-14-6-4-3-5-7-14/h3-7,13,15-16H,8-12,20-21H2,1-2H3,(H,22,26)(H,23,24). The number of rotatable bonds is 11. The summed E-state index contributed by atoms with van der Waals surface area (Å²) in [7, 11) is 0. The molecule has 144 valence electrons. The van der Waals surface area contributed by atoms with Gasteiger partial charge in [-0.15, -0.1) is 0 Å². The lowest BCUT2D eigenvalue weighted by Crippen LogP contribution is -2.48. The van der Waals surface area contributed by atoms with Crippen LogP contribution >= 0.6 is 0 Å². The minimum absolute atomic E-state index is 0.0703. The molecule has 7 heteroatoms. The Kier molecular flexibility index (Phi) is 9.54. The van der Waals surface area contributed by atoms with E-state index in [0.29, 0.717) is 19.4 Å². The van der Waals surface area contributed by atoms with Gasteiger partial charge in [-0.1, -0.05) is 44.2 Å². The highest BCUT2D eigenvalue weighted by Crippen LogP contribution is 2.08. The number of carbonyl (C=O) groups excluding carboxylic acids is 3. The smallest absolute Gasteiger partial charge is 0.239 e. The fraction of sp³-hybridized carbons (Fsp3) is 0.526. The van der Waals surface area contributed by atoms with Crippen LogP contribution in [0, 0.1) is 11.8 Å². The molecule has 7 nitrogen and oxygen atoms in total. The molecule has 1 rings (SSSR count). The number of hydrogen-bond donors (Lipinski definition) is 4. The van der Waals surface area contributed by atoms with Gasteiger partial charge in [-0.05, 0) is 24.9 Å². The number of benzene rings is 1. The molecular weight excluding hydrogens is 332 g/mol. The van der Waals surface area contributed by atoms with Crippen molar-refractivity contribution in [3.8, 4) is 0 Å². The van der Waals surface area contributed by atoms with Gasteiger partial charge < -0.3 is 22.1 Å². The number of amides is 2. The monoisotopic (exact) mass is 362 g/mol. The van der Waals surface area contributed by atoms with Gasteiger partial charge in [-0.25, -0.2) is 0 Å². The predicted molar refractivity (Wildman–Crippen MR) is 101 cm³/mol. The van der Waals surface area contributed by atoms with E-state index in [1.165, 1.54) is 0 Å². The Morgan fingerprint density at radius 3 is 2.27 bits per heavy atom. The van der Waals surface area contributed by atoms with Gasteiger partial charge in [-0.2, -0.15) is 0 Å². The van der Waals surface area contributed by atoms with Crippen LogP contribution in [0.2, 0.25) is 0 Å². The third-order valence-electron chi connectivity index (χ3n) is 4.11. The third-order valence-corrected chi connectivity index (χ3v) is 4.11. The van der Waals surface area contributed by atoms with Gasteiger partial charge in [0.15, 0.2) is 5.78 Å². The summed E-state index contributed by atoms with van der Waals surface area (Å²) in [4.78, 5) is 36.4. The summed E-state index contributed by atoms with van der Waals surface area (Å²) >= 11 is 0. The quantitative estimate of drug-likeness (QED) is 0.440. The van der Waals surface area contributed by atoms with Gasteiger partial charge in [0.2, 0.25) is 11.8 Å². The van der Waals surface area contributed by atoms with Crippen molar-refractivity contribution in [1.82, 2.24) is 10.6 Å². The molecular formula is C19H30N4O3. The van der Waals surface area contributed by atoms with E-state index in [2.05, 4.69) is 10.6 Å². The molecule has 2 atom stereocenters. The number of ketones is 1. The van der Waals surface area contributed by atoms with E-state index in [0.717, 1.165) is 5.56 Å². The molecule has 1 aromatic carbocycles. The second-order valence-corrected chi connectivity index (χ2v) is 6.59. The summed E-state index contributed by atoms with van der Waals surface area (Å²) in [5, 5.41) is 5.24. The van der Waals surface area contributed by atoms with Crippen LogP contribution in [0.3, 0.4) is 0 Å². The molecule has 0 aliphatic rings. The lowest BCUT2D eigenvalue weighted by molar-refractivity contribution is -0.131. The van der Waals surface area contributed by atoms with Crippen LogP contribution in [-0.4, -0.2) is 43.3 Å². The molecule has 0 radical (unpaired) electrons. The van der Waals surface area contributed by atoms with Crippen LogP contribution in [0.15, 0.2) is 30.3 Å². The second-order valence-electron chi connectivity index (χ2n) is 6.59. The number of hydrogen-bond acceptors (Lipinski definition) is 5. The lowest BCUT2D eigenvalue weighted by Gasteiger charge is -2.20. The van der Waals surface area contributed by atoms with Gasteiger partial charge in [0, 0.05) is 12.5 Å². The molecule has 0 aliphatic carbocycles. The highest BCUT2D eigenvalue weighted by atomic mass is 16.2. The molecule has 2 unspecified atom stereocenters. The van der Waals surface area contributed by atoms with Crippen molar-refractivity contribution in [3.05, 3.63) is 35.9 Å². The molecule has 0 spiro atoms. The topological polar surface area (TPSA) is 127 Å².